The third-order valence-corrected chi connectivity index (χ3v) is 2.71. The van der Waals surface area contributed by atoms with Gasteiger partial charge in [0, 0.05) is 13.2 Å². The van der Waals surface area contributed by atoms with E-state index in [4.69, 9.17) is 13.9 Å². The molecule has 5 nitrogen and oxygen atoms in total. The van der Waals surface area contributed by atoms with Crippen LogP contribution in [0.15, 0.2) is 22.8 Å². The van der Waals surface area contributed by atoms with E-state index in [1.54, 1.807) is 6.26 Å². The van der Waals surface area contributed by atoms with Crippen LogP contribution < -0.4 is 5.32 Å². The fourth-order valence-corrected chi connectivity index (χ4v) is 1.69. The molecule has 0 aliphatic heterocycles. The van der Waals surface area contributed by atoms with Crippen LogP contribution in [0.1, 0.15) is 32.4 Å². The Labute approximate surface area is 121 Å². The van der Waals surface area contributed by atoms with E-state index in [-0.39, 0.29) is 0 Å². The maximum absolute atomic E-state index is 9.71. The Bertz CT molecular complexity index is 314. The van der Waals surface area contributed by atoms with E-state index in [1.165, 1.54) is 0 Å². The number of ether oxygens (including phenoxy) is 2. The SMILES string of the molecule is CC(C)OCCCCNCC(O)COCc1ccco1. The summed E-state index contributed by atoms with van der Waals surface area (Å²) in [6, 6.07) is 3.67. The molecule has 116 valence electrons. The van der Waals surface area contributed by atoms with Crippen molar-refractivity contribution >= 4 is 0 Å². The van der Waals surface area contributed by atoms with Crippen molar-refractivity contribution in [2.75, 3.05) is 26.3 Å². The highest BCUT2D eigenvalue weighted by Gasteiger charge is 2.04. The van der Waals surface area contributed by atoms with Crippen molar-refractivity contribution < 1.29 is 19.0 Å². The van der Waals surface area contributed by atoms with E-state index in [9.17, 15) is 5.11 Å². The summed E-state index contributed by atoms with van der Waals surface area (Å²) in [4.78, 5) is 0. The van der Waals surface area contributed by atoms with E-state index in [0.29, 0.717) is 25.9 Å². The topological polar surface area (TPSA) is 63.9 Å². The van der Waals surface area contributed by atoms with Crippen LogP contribution in [0.25, 0.3) is 0 Å². The molecule has 1 atom stereocenters. The Morgan fingerprint density at radius 1 is 1.35 bits per heavy atom. The van der Waals surface area contributed by atoms with Crippen molar-refractivity contribution in [1.82, 2.24) is 5.32 Å². The van der Waals surface area contributed by atoms with Crippen molar-refractivity contribution in [3.05, 3.63) is 24.2 Å². The Morgan fingerprint density at radius 2 is 2.20 bits per heavy atom. The van der Waals surface area contributed by atoms with Crippen LogP contribution in [-0.4, -0.2) is 43.6 Å². The molecule has 0 saturated heterocycles. The molecule has 5 heteroatoms. The van der Waals surface area contributed by atoms with E-state index < -0.39 is 6.10 Å². The highest BCUT2D eigenvalue weighted by Crippen LogP contribution is 2.02. The number of hydrogen-bond donors (Lipinski definition) is 2. The van der Waals surface area contributed by atoms with Gasteiger partial charge < -0.3 is 24.3 Å². The molecule has 0 amide bonds. The van der Waals surface area contributed by atoms with Gasteiger partial charge in [-0.1, -0.05) is 0 Å². The number of hydrogen-bond acceptors (Lipinski definition) is 5. The van der Waals surface area contributed by atoms with E-state index in [0.717, 1.165) is 31.8 Å². The predicted molar refractivity (Wildman–Crippen MR) is 77.6 cm³/mol. The van der Waals surface area contributed by atoms with Crippen molar-refractivity contribution in [2.45, 2.75) is 45.5 Å². The van der Waals surface area contributed by atoms with Crippen LogP contribution >= 0.6 is 0 Å². The first kappa shape index (κ1) is 17.2. The molecule has 20 heavy (non-hydrogen) atoms. The summed E-state index contributed by atoms with van der Waals surface area (Å²) in [5.74, 6) is 0.773. The number of aliphatic hydroxyl groups is 1. The maximum Gasteiger partial charge on any atom is 0.129 e. The summed E-state index contributed by atoms with van der Waals surface area (Å²) in [7, 11) is 0. The molecular formula is C15H27NO4. The predicted octanol–water partition coefficient (Wildman–Crippen LogP) is 1.95. The molecule has 1 aromatic heterocycles. The molecule has 0 aliphatic carbocycles. The Morgan fingerprint density at radius 3 is 2.90 bits per heavy atom. The molecule has 0 spiro atoms. The number of nitrogens with one attached hydrogen (secondary N) is 1. The van der Waals surface area contributed by atoms with Gasteiger partial charge in [0.2, 0.25) is 0 Å². The lowest BCUT2D eigenvalue weighted by atomic mass is 10.3. The molecule has 0 radical (unpaired) electrons. The van der Waals surface area contributed by atoms with Crippen molar-refractivity contribution in [3.63, 3.8) is 0 Å². The maximum atomic E-state index is 9.71. The van der Waals surface area contributed by atoms with Gasteiger partial charge in [0.25, 0.3) is 0 Å². The minimum atomic E-state index is -0.489. The minimum absolute atomic E-state index is 0.302. The lowest BCUT2D eigenvalue weighted by Crippen LogP contribution is -2.31. The monoisotopic (exact) mass is 285 g/mol. The first-order valence-electron chi connectivity index (χ1n) is 7.29. The summed E-state index contributed by atoms with van der Waals surface area (Å²) in [6.45, 7) is 7.02. The van der Waals surface area contributed by atoms with Crippen LogP contribution in [0.5, 0.6) is 0 Å². The van der Waals surface area contributed by atoms with E-state index >= 15 is 0 Å². The van der Waals surface area contributed by atoms with Crippen LogP contribution in [0.2, 0.25) is 0 Å². The molecule has 1 aromatic rings. The molecule has 1 heterocycles. The standard InChI is InChI=1S/C15H27NO4/c1-13(2)19-8-4-3-7-16-10-14(17)11-18-12-15-6-5-9-20-15/h5-6,9,13-14,16-17H,3-4,7-8,10-12H2,1-2H3. The number of rotatable bonds is 12. The second-order valence-corrected chi connectivity index (χ2v) is 5.08. The number of furan rings is 1. The zero-order valence-electron chi connectivity index (χ0n) is 12.5. The van der Waals surface area contributed by atoms with Gasteiger partial charge >= 0.3 is 0 Å². The van der Waals surface area contributed by atoms with E-state index in [2.05, 4.69) is 5.32 Å². The summed E-state index contributed by atoms with van der Waals surface area (Å²) in [5.41, 5.74) is 0. The van der Waals surface area contributed by atoms with Crippen molar-refractivity contribution in [3.8, 4) is 0 Å². The lowest BCUT2D eigenvalue weighted by Gasteiger charge is -2.12. The Hall–Kier alpha value is -0.880. The zero-order chi connectivity index (χ0) is 14.6. The average molecular weight is 285 g/mol. The minimum Gasteiger partial charge on any atom is -0.467 e. The quantitative estimate of drug-likeness (QED) is 0.575. The first-order chi connectivity index (χ1) is 9.68. The lowest BCUT2D eigenvalue weighted by molar-refractivity contribution is 0.0226. The fraction of sp³-hybridized carbons (Fsp3) is 0.733. The smallest absolute Gasteiger partial charge is 0.129 e. The molecule has 0 aliphatic rings. The van der Waals surface area contributed by atoms with Crippen molar-refractivity contribution in [2.24, 2.45) is 0 Å². The first-order valence-corrected chi connectivity index (χ1v) is 7.29. The van der Waals surface area contributed by atoms with Crippen molar-refractivity contribution in [1.29, 1.82) is 0 Å². The van der Waals surface area contributed by atoms with Crippen LogP contribution in [-0.2, 0) is 16.1 Å². The molecule has 0 bridgehead atoms. The van der Waals surface area contributed by atoms with Gasteiger partial charge in [-0.25, -0.2) is 0 Å². The Balaban J connectivity index is 1.86. The third kappa shape index (κ3) is 9.09. The number of unbranched alkanes of at least 4 members (excludes halogenated alkanes) is 1. The fourth-order valence-electron chi connectivity index (χ4n) is 1.69. The highest BCUT2D eigenvalue weighted by molar-refractivity contribution is 4.96. The van der Waals surface area contributed by atoms with Gasteiger partial charge in [0.15, 0.2) is 0 Å². The zero-order valence-corrected chi connectivity index (χ0v) is 12.5. The van der Waals surface area contributed by atoms with Crippen LogP contribution in [0, 0.1) is 0 Å². The van der Waals surface area contributed by atoms with Gasteiger partial charge in [0.05, 0.1) is 25.1 Å². The largest absolute Gasteiger partial charge is 0.467 e. The highest BCUT2D eigenvalue weighted by atomic mass is 16.5. The van der Waals surface area contributed by atoms with Gasteiger partial charge in [-0.15, -0.1) is 0 Å². The second kappa shape index (κ2) is 10.9. The van der Waals surface area contributed by atoms with Gasteiger partial charge in [-0.05, 0) is 45.4 Å². The summed E-state index contributed by atoms with van der Waals surface area (Å²) in [5, 5.41) is 12.9. The van der Waals surface area contributed by atoms with Gasteiger partial charge in [0.1, 0.15) is 12.4 Å². The summed E-state index contributed by atoms with van der Waals surface area (Å²) < 4.78 is 15.9. The van der Waals surface area contributed by atoms with Gasteiger partial charge in [-0.2, -0.15) is 0 Å². The molecule has 2 N–H and O–H groups in total. The molecule has 0 saturated carbocycles. The van der Waals surface area contributed by atoms with Gasteiger partial charge in [-0.3, -0.25) is 0 Å². The molecule has 1 unspecified atom stereocenters. The van der Waals surface area contributed by atoms with Crippen LogP contribution in [0.4, 0.5) is 0 Å². The summed E-state index contributed by atoms with van der Waals surface area (Å²) >= 11 is 0. The molecular weight excluding hydrogens is 258 g/mol. The molecule has 0 aromatic carbocycles. The van der Waals surface area contributed by atoms with E-state index in [1.807, 2.05) is 26.0 Å². The normalized spacial score (nSPS) is 13.0. The van der Waals surface area contributed by atoms with Crippen LogP contribution in [0.3, 0.4) is 0 Å². The third-order valence-electron chi connectivity index (χ3n) is 2.71. The second-order valence-electron chi connectivity index (χ2n) is 5.08. The summed E-state index contributed by atoms with van der Waals surface area (Å²) in [6.07, 6.45) is 3.51. The molecule has 0 fully saturated rings. The number of aliphatic hydroxyl groups excluding tert-OH is 1. The average Bonchev–Trinajstić information content (AvgIpc) is 2.90. The Kier molecular flexibility index (Phi) is 9.32. The molecule has 1 rings (SSSR count).